The normalized spacial score (nSPS) is 9.95. The lowest BCUT2D eigenvalue weighted by Gasteiger charge is -1.97. The highest BCUT2D eigenvalue weighted by molar-refractivity contribution is 6.01. The molecule has 0 saturated heterocycles. The van der Waals surface area contributed by atoms with E-state index in [0.717, 1.165) is 5.56 Å². The fourth-order valence-electron chi connectivity index (χ4n) is 1.84. The predicted octanol–water partition coefficient (Wildman–Crippen LogP) is 2.41. The molecule has 0 atom stereocenters. The number of methoxy groups -OCH3 is 1. The van der Waals surface area contributed by atoms with Gasteiger partial charge in [-0.25, -0.2) is 9.78 Å². The highest BCUT2D eigenvalue weighted by Crippen LogP contribution is 2.20. The molecule has 5 heteroatoms. The van der Waals surface area contributed by atoms with Crippen LogP contribution in [0.1, 0.15) is 21.8 Å². The molecule has 21 heavy (non-hydrogen) atoms. The van der Waals surface area contributed by atoms with Crippen LogP contribution in [-0.2, 0) is 4.74 Å². The Morgan fingerprint density at radius 1 is 1.24 bits per heavy atom. The first-order valence-electron chi connectivity index (χ1n) is 6.18. The van der Waals surface area contributed by atoms with Crippen LogP contribution in [0.25, 0.3) is 11.1 Å². The maximum absolute atomic E-state index is 11.7. The maximum atomic E-state index is 11.7. The van der Waals surface area contributed by atoms with Crippen molar-refractivity contribution in [1.29, 1.82) is 0 Å². The van der Waals surface area contributed by atoms with Crippen molar-refractivity contribution in [2.24, 2.45) is 0 Å². The van der Waals surface area contributed by atoms with Gasteiger partial charge in [-0.3, -0.25) is 4.98 Å². The number of hydrogen-bond acceptors (Lipinski definition) is 5. The molecule has 0 aliphatic heterocycles. The van der Waals surface area contributed by atoms with E-state index in [4.69, 9.17) is 9.15 Å². The number of pyridine rings is 1. The van der Waals surface area contributed by atoms with Crippen LogP contribution in [0.3, 0.4) is 0 Å². The summed E-state index contributed by atoms with van der Waals surface area (Å²) in [5.41, 5.74) is 2.03. The SMILES string of the molecule is COC(=O)c1cccc2nc(C#Cc3cccnc3)oc12. The van der Waals surface area contributed by atoms with Crippen molar-refractivity contribution >= 4 is 17.1 Å². The summed E-state index contributed by atoms with van der Waals surface area (Å²) in [5.74, 6) is 5.49. The monoisotopic (exact) mass is 278 g/mol. The van der Waals surface area contributed by atoms with Gasteiger partial charge in [0, 0.05) is 18.0 Å². The number of benzene rings is 1. The predicted molar refractivity (Wildman–Crippen MR) is 75.6 cm³/mol. The smallest absolute Gasteiger partial charge is 0.341 e. The average molecular weight is 278 g/mol. The number of hydrogen-bond donors (Lipinski definition) is 0. The molecule has 0 aliphatic carbocycles. The fourth-order valence-corrected chi connectivity index (χ4v) is 1.84. The molecule has 0 amide bonds. The van der Waals surface area contributed by atoms with Crippen LogP contribution in [-0.4, -0.2) is 23.0 Å². The molecule has 0 radical (unpaired) electrons. The Labute approximate surface area is 120 Å². The minimum Gasteiger partial charge on any atom is -0.465 e. The molecule has 1 aromatic carbocycles. The zero-order valence-electron chi connectivity index (χ0n) is 11.2. The van der Waals surface area contributed by atoms with Gasteiger partial charge in [-0.2, -0.15) is 0 Å². The lowest BCUT2D eigenvalue weighted by Crippen LogP contribution is -2.00. The molecule has 0 saturated carbocycles. The largest absolute Gasteiger partial charge is 0.465 e. The molecule has 0 bridgehead atoms. The molecular formula is C16H10N2O3. The molecule has 3 rings (SSSR count). The molecule has 102 valence electrons. The van der Waals surface area contributed by atoms with Crippen LogP contribution >= 0.6 is 0 Å². The van der Waals surface area contributed by atoms with E-state index in [9.17, 15) is 4.79 Å². The molecule has 5 nitrogen and oxygen atoms in total. The van der Waals surface area contributed by atoms with Crippen molar-refractivity contribution in [1.82, 2.24) is 9.97 Å². The lowest BCUT2D eigenvalue weighted by molar-refractivity contribution is 0.0601. The Balaban J connectivity index is 2.03. The van der Waals surface area contributed by atoms with E-state index in [1.54, 1.807) is 36.7 Å². The summed E-state index contributed by atoms with van der Waals surface area (Å²) in [6.45, 7) is 0. The van der Waals surface area contributed by atoms with Crippen LogP contribution in [0.5, 0.6) is 0 Å². The summed E-state index contributed by atoms with van der Waals surface area (Å²) < 4.78 is 10.2. The van der Waals surface area contributed by atoms with Gasteiger partial charge in [-0.15, -0.1) is 0 Å². The standard InChI is InChI=1S/C16H10N2O3/c1-20-16(19)12-5-2-6-13-15(12)21-14(18-13)8-7-11-4-3-9-17-10-11/h2-6,9-10H,1H3. The number of nitrogens with zero attached hydrogens (tertiary/aromatic N) is 2. The second kappa shape index (κ2) is 5.47. The summed E-state index contributed by atoms with van der Waals surface area (Å²) in [6.07, 6.45) is 3.32. The van der Waals surface area contributed by atoms with Crippen molar-refractivity contribution in [3.05, 3.63) is 59.7 Å². The highest BCUT2D eigenvalue weighted by atomic mass is 16.5. The highest BCUT2D eigenvalue weighted by Gasteiger charge is 2.14. The minimum absolute atomic E-state index is 0.241. The van der Waals surface area contributed by atoms with Gasteiger partial charge < -0.3 is 9.15 Å². The van der Waals surface area contributed by atoms with E-state index in [2.05, 4.69) is 21.8 Å². The van der Waals surface area contributed by atoms with E-state index in [1.165, 1.54) is 7.11 Å². The summed E-state index contributed by atoms with van der Waals surface area (Å²) in [5, 5.41) is 0. The number of rotatable bonds is 1. The van der Waals surface area contributed by atoms with E-state index in [1.807, 2.05) is 6.07 Å². The van der Waals surface area contributed by atoms with Crippen LogP contribution in [0.4, 0.5) is 0 Å². The molecule has 2 heterocycles. The third kappa shape index (κ3) is 2.60. The molecule has 0 N–H and O–H groups in total. The first kappa shape index (κ1) is 12.9. The Morgan fingerprint density at radius 3 is 2.90 bits per heavy atom. The van der Waals surface area contributed by atoms with Gasteiger partial charge in [0.05, 0.1) is 7.11 Å². The van der Waals surface area contributed by atoms with Gasteiger partial charge >= 0.3 is 5.97 Å². The Bertz CT molecular complexity index is 857. The molecule has 3 aromatic rings. The van der Waals surface area contributed by atoms with E-state index in [0.29, 0.717) is 16.7 Å². The molecular weight excluding hydrogens is 268 g/mol. The molecule has 0 spiro atoms. The number of esters is 1. The van der Waals surface area contributed by atoms with Crippen molar-refractivity contribution in [3.8, 4) is 11.8 Å². The van der Waals surface area contributed by atoms with Gasteiger partial charge in [0.2, 0.25) is 0 Å². The van der Waals surface area contributed by atoms with Gasteiger partial charge in [0.15, 0.2) is 5.58 Å². The van der Waals surface area contributed by atoms with Crippen molar-refractivity contribution < 1.29 is 13.9 Å². The molecule has 2 aromatic heterocycles. The molecule has 0 unspecified atom stereocenters. The molecule has 0 aliphatic rings. The summed E-state index contributed by atoms with van der Waals surface area (Å²) in [4.78, 5) is 19.9. The summed E-state index contributed by atoms with van der Waals surface area (Å²) >= 11 is 0. The van der Waals surface area contributed by atoms with Crippen molar-refractivity contribution in [2.75, 3.05) is 7.11 Å². The second-order valence-corrected chi connectivity index (χ2v) is 4.16. The first-order valence-corrected chi connectivity index (χ1v) is 6.18. The first-order chi connectivity index (χ1) is 10.3. The maximum Gasteiger partial charge on any atom is 0.341 e. The van der Waals surface area contributed by atoms with Gasteiger partial charge in [0.25, 0.3) is 5.89 Å². The van der Waals surface area contributed by atoms with Crippen LogP contribution in [0.2, 0.25) is 0 Å². The summed E-state index contributed by atoms with van der Waals surface area (Å²) in [6, 6.07) is 8.72. The average Bonchev–Trinajstić information content (AvgIpc) is 2.96. The Hall–Kier alpha value is -3.13. The van der Waals surface area contributed by atoms with Crippen LogP contribution in [0, 0.1) is 11.8 Å². The third-order valence-corrected chi connectivity index (χ3v) is 2.80. The van der Waals surface area contributed by atoms with E-state index < -0.39 is 5.97 Å². The van der Waals surface area contributed by atoms with Crippen molar-refractivity contribution in [3.63, 3.8) is 0 Å². The van der Waals surface area contributed by atoms with Gasteiger partial charge in [0.1, 0.15) is 11.1 Å². The van der Waals surface area contributed by atoms with E-state index in [-0.39, 0.29) is 5.89 Å². The zero-order valence-corrected chi connectivity index (χ0v) is 11.2. The number of carbonyl (C=O) groups is 1. The van der Waals surface area contributed by atoms with Gasteiger partial charge in [-0.05, 0) is 30.2 Å². The zero-order chi connectivity index (χ0) is 14.7. The minimum atomic E-state index is -0.469. The lowest BCUT2D eigenvalue weighted by atomic mass is 10.2. The Kier molecular flexibility index (Phi) is 3.36. The van der Waals surface area contributed by atoms with Crippen LogP contribution in [0.15, 0.2) is 47.1 Å². The van der Waals surface area contributed by atoms with E-state index >= 15 is 0 Å². The molecule has 0 fully saturated rings. The Morgan fingerprint density at radius 2 is 2.14 bits per heavy atom. The fraction of sp³-hybridized carbons (Fsp3) is 0.0625. The number of aromatic nitrogens is 2. The summed E-state index contributed by atoms with van der Waals surface area (Å²) in [7, 11) is 1.32. The van der Waals surface area contributed by atoms with Crippen LogP contribution < -0.4 is 0 Å². The number of para-hydroxylation sites is 1. The van der Waals surface area contributed by atoms with Crippen molar-refractivity contribution in [2.45, 2.75) is 0 Å². The number of ether oxygens (including phenoxy) is 1. The topological polar surface area (TPSA) is 65.2 Å². The number of fused-ring (bicyclic) bond motifs is 1. The number of carbonyl (C=O) groups excluding carboxylic acids is 1. The quantitative estimate of drug-likeness (QED) is 0.505. The number of oxazole rings is 1. The third-order valence-electron chi connectivity index (χ3n) is 2.80. The second-order valence-electron chi connectivity index (χ2n) is 4.16. The van der Waals surface area contributed by atoms with Gasteiger partial charge in [-0.1, -0.05) is 12.0 Å².